The topological polar surface area (TPSA) is 29.5 Å². The molecule has 1 saturated heterocycles. The number of carbonyl (C=O) groups is 1. The quantitative estimate of drug-likeness (QED) is 0.783. The van der Waals surface area contributed by atoms with Crippen molar-refractivity contribution in [1.29, 1.82) is 0 Å². The van der Waals surface area contributed by atoms with Crippen LogP contribution in [-0.2, 0) is 14.9 Å². The van der Waals surface area contributed by atoms with E-state index in [1.54, 1.807) is 0 Å². The van der Waals surface area contributed by atoms with Gasteiger partial charge in [-0.15, -0.1) is 0 Å². The van der Waals surface area contributed by atoms with Crippen LogP contribution in [0.4, 0.5) is 0 Å². The molecule has 1 unspecified atom stereocenters. The van der Waals surface area contributed by atoms with Crippen LogP contribution in [0.2, 0.25) is 0 Å². The van der Waals surface area contributed by atoms with E-state index in [0.717, 1.165) is 32.4 Å². The van der Waals surface area contributed by atoms with E-state index in [2.05, 4.69) is 36.9 Å². The molecular formula is C18H25NO2. The second-order valence-corrected chi connectivity index (χ2v) is 6.78. The Balaban J connectivity index is 1.90. The Kier molecular flexibility index (Phi) is 3.78. The summed E-state index contributed by atoms with van der Waals surface area (Å²) in [5.74, 6) is -0.151. The van der Waals surface area contributed by atoms with Gasteiger partial charge in [0.25, 0.3) is 0 Å². The standard InChI is InChI=1S/C18H25NO2/c1-13(2)19-10-8-18(9-11-19)12-15(17(20)21-3)14-6-4-5-7-16(14)18/h4-7,13,15H,8-12H2,1-3H3. The van der Waals surface area contributed by atoms with E-state index in [9.17, 15) is 4.79 Å². The number of ether oxygens (including phenoxy) is 1. The first kappa shape index (κ1) is 14.6. The average Bonchev–Trinajstić information content (AvgIpc) is 2.82. The monoisotopic (exact) mass is 287 g/mol. The maximum Gasteiger partial charge on any atom is 0.313 e. The normalized spacial score (nSPS) is 24.3. The van der Waals surface area contributed by atoms with Crippen molar-refractivity contribution in [2.24, 2.45) is 0 Å². The zero-order valence-corrected chi connectivity index (χ0v) is 13.3. The van der Waals surface area contributed by atoms with Crippen molar-refractivity contribution in [3.8, 4) is 0 Å². The van der Waals surface area contributed by atoms with Gasteiger partial charge in [-0.3, -0.25) is 4.79 Å². The molecule has 3 nitrogen and oxygen atoms in total. The van der Waals surface area contributed by atoms with Gasteiger partial charge in [-0.1, -0.05) is 24.3 Å². The number of esters is 1. The molecule has 0 saturated carbocycles. The van der Waals surface area contributed by atoms with Crippen LogP contribution in [0.5, 0.6) is 0 Å². The van der Waals surface area contributed by atoms with Gasteiger partial charge >= 0.3 is 5.97 Å². The van der Waals surface area contributed by atoms with Crippen LogP contribution in [0.25, 0.3) is 0 Å². The fourth-order valence-electron chi connectivity index (χ4n) is 4.19. The van der Waals surface area contributed by atoms with Gasteiger partial charge < -0.3 is 9.64 Å². The highest BCUT2D eigenvalue weighted by atomic mass is 16.5. The molecule has 0 N–H and O–H groups in total. The summed E-state index contributed by atoms with van der Waals surface area (Å²) in [4.78, 5) is 14.7. The first-order valence-electron chi connectivity index (χ1n) is 7.99. The highest BCUT2D eigenvalue weighted by Gasteiger charge is 2.47. The van der Waals surface area contributed by atoms with E-state index in [-0.39, 0.29) is 17.3 Å². The van der Waals surface area contributed by atoms with Crippen molar-refractivity contribution in [1.82, 2.24) is 4.90 Å². The number of likely N-dealkylation sites (tertiary alicyclic amines) is 1. The Morgan fingerprint density at radius 3 is 2.57 bits per heavy atom. The minimum Gasteiger partial charge on any atom is -0.469 e. The van der Waals surface area contributed by atoms with Gasteiger partial charge in [-0.25, -0.2) is 0 Å². The Bertz CT molecular complexity index is 530. The van der Waals surface area contributed by atoms with Crippen LogP contribution < -0.4 is 0 Å². The van der Waals surface area contributed by atoms with Crippen molar-refractivity contribution in [2.45, 2.75) is 50.5 Å². The molecule has 1 spiro atoms. The maximum absolute atomic E-state index is 12.1. The second-order valence-electron chi connectivity index (χ2n) is 6.78. The zero-order chi connectivity index (χ0) is 15.0. The summed E-state index contributed by atoms with van der Waals surface area (Å²) < 4.78 is 5.03. The van der Waals surface area contributed by atoms with Gasteiger partial charge in [-0.2, -0.15) is 0 Å². The smallest absolute Gasteiger partial charge is 0.313 e. The van der Waals surface area contributed by atoms with Crippen molar-refractivity contribution >= 4 is 5.97 Å². The summed E-state index contributed by atoms with van der Waals surface area (Å²) in [5, 5.41) is 0. The lowest BCUT2D eigenvalue weighted by atomic mass is 9.73. The van der Waals surface area contributed by atoms with Crippen LogP contribution in [0, 0.1) is 0 Å². The van der Waals surface area contributed by atoms with Crippen molar-refractivity contribution in [3.63, 3.8) is 0 Å². The molecule has 2 aliphatic rings. The Labute approximate surface area is 127 Å². The lowest BCUT2D eigenvalue weighted by molar-refractivity contribution is -0.142. The van der Waals surface area contributed by atoms with Gasteiger partial charge in [0.15, 0.2) is 0 Å². The number of hydrogen-bond acceptors (Lipinski definition) is 3. The fraction of sp³-hybridized carbons (Fsp3) is 0.611. The van der Waals surface area contributed by atoms with Crippen LogP contribution in [0.1, 0.15) is 50.2 Å². The number of nitrogens with zero attached hydrogens (tertiary/aromatic N) is 1. The maximum atomic E-state index is 12.1. The van der Waals surface area contributed by atoms with E-state index in [1.165, 1.54) is 18.2 Å². The highest BCUT2D eigenvalue weighted by Crippen LogP contribution is 2.52. The first-order valence-corrected chi connectivity index (χ1v) is 7.99. The van der Waals surface area contributed by atoms with Gasteiger partial charge in [0, 0.05) is 6.04 Å². The third kappa shape index (κ3) is 2.38. The molecule has 3 rings (SSSR count). The van der Waals surface area contributed by atoms with E-state index in [0.29, 0.717) is 6.04 Å². The van der Waals surface area contributed by atoms with Crippen LogP contribution in [0.15, 0.2) is 24.3 Å². The summed E-state index contributed by atoms with van der Waals surface area (Å²) in [6.07, 6.45) is 3.22. The average molecular weight is 287 g/mol. The molecule has 1 aromatic carbocycles. The molecule has 1 aromatic rings. The third-order valence-corrected chi connectivity index (χ3v) is 5.47. The molecule has 3 heteroatoms. The van der Waals surface area contributed by atoms with Crippen LogP contribution in [0.3, 0.4) is 0 Å². The molecule has 1 heterocycles. The molecule has 0 aromatic heterocycles. The number of methoxy groups -OCH3 is 1. The molecule has 0 bridgehead atoms. The minimum absolute atomic E-state index is 0.0724. The predicted molar refractivity (Wildman–Crippen MR) is 83.4 cm³/mol. The molecule has 0 radical (unpaired) electrons. The minimum atomic E-state index is -0.0781. The van der Waals surface area contributed by atoms with E-state index in [1.807, 2.05) is 6.07 Å². The molecule has 1 aliphatic carbocycles. The first-order chi connectivity index (χ1) is 10.1. The Morgan fingerprint density at radius 2 is 1.95 bits per heavy atom. The summed E-state index contributed by atoms with van der Waals surface area (Å²) in [6.45, 7) is 6.77. The number of benzene rings is 1. The number of hydrogen-bond donors (Lipinski definition) is 0. The highest BCUT2D eigenvalue weighted by molar-refractivity contribution is 5.80. The van der Waals surface area contributed by atoms with E-state index >= 15 is 0 Å². The van der Waals surface area contributed by atoms with Gasteiger partial charge in [-0.05, 0) is 62.7 Å². The predicted octanol–water partition coefficient (Wildman–Crippen LogP) is 3.09. The second kappa shape index (κ2) is 5.45. The summed E-state index contributed by atoms with van der Waals surface area (Å²) in [7, 11) is 1.50. The van der Waals surface area contributed by atoms with E-state index in [4.69, 9.17) is 4.74 Å². The van der Waals surface area contributed by atoms with Crippen molar-refractivity contribution in [3.05, 3.63) is 35.4 Å². The van der Waals surface area contributed by atoms with Crippen molar-refractivity contribution < 1.29 is 9.53 Å². The zero-order valence-electron chi connectivity index (χ0n) is 13.3. The van der Waals surface area contributed by atoms with Crippen LogP contribution in [-0.4, -0.2) is 37.1 Å². The number of rotatable bonds is 2. The molecular weight excluding hydrogens is 262 g/mol. The van der Waals surface area contributed by atoms with Crippen LogP contribution >= 0.6 is 0 Å². The molecule has 1 fully saturated rings. The number of carbonyl (C=O) groups excluding carboxylic acids is 1. The van der Waals surface area contributed by atoms with E-state index < -0.39 is 0 Å². The Hall–Kier alpha value is -1.35. The largest absolute Gasteiger partial charge is 0.469 e. The van der Waals surface area contributed by atoms with Crippen molar-refractivity contribution in [2.75, 3.05) is 20.2 Å². The number of piperidine rings is 1. The lowest BCUT2D eigenvalue weighted by Crippen LogP contribution is -2.44. The van der Waals surface area contributed by atoms with Gasteiger partial charge in [0.1, 0.15) is 0 Å². The summed E-state index contributed by atoms with van der Waals surface area (Å²) in [5.41, 5.74) is 2.77. The SMILES string of the molecule is COC(=O)C1CC2(CCN(C(C)C)CC2)c2ccccc21. The molecule has 0 amide bonds. The number of fused-ring (bicyclic) bond motifs is 2. The molecule has 1 aliphatic heterocycles. The fourth-order valence-corrected chi connectivity index (χ4v) is 4.19. The summed E-state index contributed by atoms with van der Waals surface area (Å²) >= 11 is 0. The lowest BCUT2D eigenvalue weighted by Gasteiger charge is -2.42. The third-order valence-electron chi connectivity index (χ3n) is 5.47. The van der Waals surface area contributed by atoms with Gasteiger partial charge in [0.05, 0.1) is 13.0 Å². The van der Waals surface area contributed by atoms with Gasteiger partial charge in [0.2, 0.25) is 0 Å². The summed E-state index contributed by atoms with van der Waals surface area (Å²) in [6, 6.07) is 9.09. The molecule has 21 heavy (non-hydrogen) atoms. The Morgan fingerprint density at radius 1 is 1.29 bits per heavy atom. The molecule has 114 valence electrons. The molecule has 1 atom stereocenters.